The molecule has 124 heavy (non-hydrogen) atoms. The molecule has 0 saturated heterocycles. The molecule has 0 fully saturated rings. The summed E-state index contributed by atoms with van der Waals surface area (Å²) in [6.07, 6.45) is 38.5. The van der Waals surface area contributed by atoms with E-state index in [0.29, 0.717) is 94.6 Å². The molecule has 23 nitrogen and oxygen atoms in total. The van der Waals surface area contributed by atoms with Gasteiger partial charge >= 0.3 is 65.7 Å². The van der Waals surface area contributed by atoms with E-state index in [1.54, 1.807) is 12.1 Å². The van der Waals surface area contributed by atoms with E-state index in [-0.39, 0.29) is 72.5 Å². The third-order valence-electron chi connectivity index (χ3n) is 22.6. The number of aryl methyl sites for hydroxylation is 2. The second-order valence-corrected chi connectivity index (χ2v) is 32.9. The SMILES string of the molecule is CCCCCCCCC(CCCCCCCC)(CCCC(=O)O)C(=O)OC(CC(=O)OCCCC)(C(=O)OCCCC)C(C(C)=O)C(=O)OCCCC.CCCCCCCCc1ccc(C(=O)O)c(C(=O)O)c1CCCCCCCC.CCCCc1c(Cc2ccccc2)ccc(C(=O)O)c1C(=O)O.CCCCc1ccc(C(=O)O)c(C(=O)O)c1CCCC. The van der Waals surface area contributed by atoms with Crippen LogP contribution < -0.4 is 0 Å². The molecule has 0 radical (unpaired) electrons. The predicted molar refractivity (Wildman–Crippen MR) is 485 cm³/mol. The van der Waals surface area contributed by atoms with Crippen molar-refractivity contribution >= 4 is 71.4 Å². The molecular weight excluding hydrogens is 1580 g/mol. The number of Topliss-reactive ketones (excluding diaryl/α,β-unsaturated/α-hetero) is 1. The van der Waals surface area contributed by atoms with Gasteiger partial charge in [0.15, 0.2) is 5.92 Å². The summed E-state index contributed by atoms with van der Waals surface area (Å²) in [6.45, 7) is 21.5. The lowest BCUT2D eigenvalue weighted by Crippen LogP contribution is -2.59. The first-order valence-electron chi connectivity index (χ1n) is 46.8. The predicted octanol–water partition coefficient (Wildman–Crippen LogP) is 24.3. The lowest BCUT2D eigenvalue weighted by atomic mass is 9.73. The van der Waals surface area contributed by atoms with Gasteiger partial charge in [0.1, 0.15) is 5.78 Å². The number of ketones is 1. The fraction of sp³-hybridized carbons (Fsp3) is 0.644. The van der Waals surface area contributed by atoms with Crippen LogP contribution in [0.15, 0.2) is 66.7 Å². The molecule has 4 aromatic carbocycles. The van der Waals surface area contributed by atoms with Crippen LogP contribution >= 0.6 is 0 Å². The smallest absolute Gasteiger partial charge is 0.352 e. The Kier molecular flexibility index (Phi) is 61.0. The molecule has 0 spiro atoms. The lowest BCUT2D eigenvalue weighted by Gasteiger charge is -2.39. The molecule has 2 unspecified atom stereocenters. The van der Waals surface area contributed by atoms with Crippen molar-refractivity contribution in [3.05, 3.63) is 139 Å². The molecule has 23 heteroatoms. The Morgan fingerprint density at radius 2 is 0.653 bits per heavy atom. The van der Waals surface area contributed by atoms with E-state index in [9.17, 15) is 88.2 Å². The number of hydrogen-bond donors (Lipinski definition) is 7. The van der Waals surface area contributed by atoms with Crippen LogP contribution in [-0.2, 0) is 86.2 Å². The average Bonchev–Trinajstić information content (AvgIpc) is 0.807. The summed E-state index contributed by atoms with van der Waals surface area (Å²) in [5, 5.41) is 66.0. The number of aromatic carboxylic acids is 6. The fourth-order valence-corrected chi connectivity index (χ4v) is 15.5. The number of carbonyl (C=O) groups excluding carboxylic acids is 5. The molecule has 0 heterocycles. The Morgan fingerprint density at radius 3 is 1.04 bits per heavy atom. The van der Waals surface area contributed by atoms with Crippen LogP contribution in [-0.4, -0.2) is 133 Å². The van der Waals surface area contributed by atoms with Crippen molar-refractivity contribution in [1.29, 1.82) is 0 Å². The summed E-state index contributed by atoms with van der Waals surface area (Å²) in [6, 6.07) is 19.4. The molecule has 0 aromatic heterocycles. The number of hydrogen-bond acceptors (Lipinski definition) is 16. The number of benzene rings is 4. The Labute approximate surface area is 740 Å². The number of carboxylic acids is 7. The maximum absolute atomic E-state index is 15.0. The van der Waals surface area contributed by atoms with Crippen LogP contribution in [0, 0.1) is 11.3 Å². The van der Waals surface area contributed by atoms with Crippen molar-refractivity contribution in [1.82, 2.24) is 0 Å². The summed E-state index contributed by atoms with van der Waals surface area (Å²) < 4.78 is 22.8. The lowest BCUT2D eigenvalue weighted by molar-refractivity contribution is -0.206. The topological polar surface area (TPSA) is 383 Å². The van der Waals surface area contributed by atoms with Gasteiger partial charge < -0.3 is 54.7 Å². The standard InChI is InChI=1S/C42H74O11.C24H38O4.C19H20O4.C16H22O4/c1-7-12-17-19-21-23-27-41(29-25-26-35(44)45,28-24-22-20-18-13-8-2)39(48)53-42(40(49)52-32-16-11-5,33-36(46)50-30-14-9-3)37(34(6)43)38(47)51-31-15-10-4;1-3-5-7-9-11-13-15-19-17-18-21(23(25)26)22(24(27)28)20(19)16-14-12-10-8-6-4-2;1-2-3-9-15-14(12-13-7-5-4-6-8-13)10-11-16(18(20)21)17(15)19(22)23;1-3-5-7-11-9-10-13(15(17)18)14(16(19)20)12(11)8-6-4-2/h37H,7-33H2,1-6H3,(H,44,45);17-18H,3-16H2,1-2H3,(H,25,26)(H,27,28);4-8,10-11H,2-3,9,12H2,1H3,(H,20,21)(H,22,23);9-10H,3-8H2,1-2H3,(H,17,18)(H,19,20). The van der Waals surface area contributed by atoms with Gasteiger partial charge in [0, 0.05) is 6.42 Å². The number of aliphatic carboxylic acids is 1. The Balaban J connectivity index is 0.000000901. The van der Waals surface area contributed by atoms with Crippen LogP contribution in [0.1, 0.15) is 447 Å². The number of rotatable bonds is 66. The van der Waals surface area contributed by atoms with Gasteiger partial charge in [-0.2, -0.15) is 0 Å². The minimum atomic E-state index is -2.69. The Morgan fingerprint density at radius 1 is 0.323 bits per heavy atom. The van der Waals surface area contributed by atoms with E-state index in [4.69, 9.17) is 24.1 Å². The molecule has 696 valence electrons. The van der Waals surface area contributed by atoms with Crippen LogP contribution in [0.4, 0.5) is 0 Å². The van der Waals surface area contributed by atoms with E-state index in [1.165, 1.54) is 63.1 Å². The fourth-order valence-electron chi connectivity index (χ4n) is 15.5. The molecule has 0 amide bonds. The molecular formula is C101H154O23. The van der Waals surface area contributed by atoms with E-state index in [2.05, 4.69) is 34.6 Å². The number of unbranched alkanes of at least 4 members (excludes halogenated alkanes) is 26. The molecule has 2 atom stereocenters. The van der Waals surface area contributed by atoms with Crippen LogP contribution in [0.3, 0.4) is 0 Å². The van der Waals surface area contributed by atoms with E-state index in [1.807, 2.05) is 71.0 Å². The van der Waals surface area contributed by atoms with Crippen molar-refractivity contribution in [2.75, 3.05) is 19.8 Å². The molecule has 7 N–H and O–H groups in total. The van der Waals surface area contributed by atoms with Crippen LogP contribution in [0.2, 0.25) is 0 Å². The van der Waals surface area contributed by atoms with E-state index >= 15 is 0 Å². The molecule has 0 aliphatic heterocycles. The average molecular weight is 1740 g/mol. The van der Waals surface area contributed by atoms with Gasteiger partial charge in [-0.1, -0.05) is 298 Å². The molecule has 4 rings (SSSR count). The van der Waals surface area contributed by atoms with Crippen molar-refractivity contribution in [3.8, 4) is 0 Å². The maximum atomic E-state index is 15.0. The molecule has 0 saturated carbocycles. The van der Waals surface area contributed by atoms with Crippen molar-refractivity contribution in [3.63, 3.8) is 0 Å². The minimum absolute atomic E-state index is 0.00420. The number of esters is 4. The summed E-state index contributed by atoms with van der Waals surface area (Å²) in [4.78, 5) is 151. The summed E-state index contributed by atoms with van der Waals surface area (Å²) in [7, 11) is 0. The summed E-state index contributed by atoms with van der Waals surface area (Å²) in [5.74, 6) is -14.8. The van der Waals surface area contributed by atoms with E-state index in [0.717, 1.165) is 189 Å². The third kappa shape index (κ3) is 42.6. The minimum Gasteiger partial charge on any atom is -0.481 e. The van der Waals surface area contributed by atoms with Gasteiger partial charge in [-0.3, -0.25) is 24.0 Å². The van der Waals surface area contributed by atoms with Crippen molar-refractivity contribution in [2.45, 2.75) is 390 Å². The Bertz CT molecular complexity index is 3800. The highest BCUT2D eigenvalue weighted by molar-refractivity contribution is 6.07. The van der Waals surface area contributed by atoms with Gasteiger partial charge in [0.25, 0.3) is 0 Å². The molecule has 0 aliphatic rings. The highest BCUT2D eigenvalue weighted by Crippen LogP contribution is 2.43. The van der Waals surface area contributed by atoms with Gasteiger partial charge in [0.2, 0.25) is 5.60 Å². The number of ether oxygens (including phenoxy) is 4. The monoisotopic (exact) mass is 1740 g/mol. The second kappa shape index (κ2) is 67.1. The normalized spacial score (nSPS) is 11.7. The third-order valence-corrected chi connectivity index (χ3v) is 22.6. The largest absolute Gasteiger partial charge is 0.481 e. The number of carboxylic acid groups (broad SMARTS) is 7. The van der Waals surface area contributed by atoms with Crippen LogP contribution in [0.25, 0.3) is 0 Å². The second-order valence-electron chi connectivity index (χ2n) is 32.9. The van der Waals surface area contributed by atoms with E-state index < -0.39 is 94.8 Å². The van der Waals surface area contributed by atoms with Gasteiger partial charge in [-0.15, -0.1) is 0 Å². The molecule has 0 bridgehead atoms. The Hall–Kier alpha value is -9.28. The molecule has 0 aliphatic carbocycles. The first-order valence-corrected chi connectivity index (χ1v) is 46.8. The molecule has 4 aromatic rings. The highest BCUT2D eigenvalue weighted by atomic mass is 16.6. The summed E-state index contributed by atoms with van der Waals surface area (Å²) in [5.41, 5.74) is 1.69. The van der Waals surface area contributed by atoms with Crippen molar-refractivity contribution in [2.24, 2.45) is 11.3 Å². The highest BCUT2D eigenvalue weighted by Gasteiger charge is 2.60. The zero-order chi connectivity index (χ0) is 92.7. The number of carbonyl (C=O) groups is 12. The first kappa shape index (κ1) is 113. The quantitative estimate of drug-likeness (QED) is 0.00934. The summed E-state index contributed by atoms with van der Waals surface area (Å²) >= 11 is 0. The zero-order valence-corrected chi connectivity index (χ0v) is 77.2. The maximum Gasteiger partial charge on any atom is 0.352 e. The van der Waals surface area contributed by atoms with Gasteiger partial charge in [0.05, 0.1) is 65.0 Å². The zero-order valence-electron chi connectivity index (χ0n) is 77.2. The van der Waals surface area contributed by atoms with Gasteiger partial charge in [-0.25, -0.2) is 33.6 Å². The van der Waals surface area contributed by atoms with Crippen molar-refractivity contribution < 1.29 is 112 Å². The van der Waals surface area contributed by atoms with Gasteiger partial charge in [-0.05, 0) is 180 Å². The first-order chi connectivity index (χ1) is 59.5. The van der Waals surface area contributed by atoms with Crippen LogP contribution in [0.5, 0.6) is 0 Å².